The van der Waals surface area contributed by atoms with Crippen molar-refractivity contribution in [2.24, 2.45) is 0 Å². The third kappa shape index (κ3) is 4.60. The molecule has 0 aromatic heterocycles. The Morgan fingerprint density at radius 1 is 1.35 bits per heavy atom. The van der Waals surface area contributed by atoms with Gasteiger partial charge in [0.05, 0.1) is 19.1 Å². The normalized spacial score (nSPS) is 13.5. The Balaban J connectivity index is 2.72. The number of hydrogen-bond donors (Lipinski definition) is 1. The van der Waals surface area contributed by atoms with Gasteiger partial charge in [-0.25, -0.2) is 4.39 Å². The summed E-state index contributed by atoms with van der Waals surface area (Å²) in [5.41, 5.74) is 0.258. The van der Waals surface area contributed by atoms with E-state index in [9.17, 15) is 22.7 Å². The Labute approximate surface area is 95.8 Å². The van der Waals surface area contributed by atoms with Gasteiger partial charge in [0.1, 0.15) is 11.6 Å². The molecule has 0 amide bonds. The van der Waals surface area contributed by atoms with Gasteiger partial charge in [-0.3, -0.25) is 0 Å². The fourth-order valence-corrected chi connectivity index (χ4v) is 1.26. The number of halogens is 4. The van der Waals surface area contributed by atoms with E-state index >= 15 is 0 Å². The molecular weight excluding hydrogens is 240 g/mol. The molecule has 0 radical (unpaired) electrons. The fraction of sp³-hybridized carbons (Fsp3) is 0.455. The second kappa shape index (κ2) is 5.35. The highest BCUT2D eigenvalue weighted by Gasteiger charge is 2.27. The Morgan fingerprint density at radius 2 is 2.00 bits per heavy atom. The fourth-order valence-electron chi connectivity index (χ4n) is 1.26. The van der Waals surface area contributed by atoms with Gasteiger partial charge in [-0.15, -0.1) is 0 Å². The minimum atomic E-state index is -4.32. The molecule has 0 aliphatic heterocycles. The van der Waals surface area contributed by atoms with Gasteiger partial charge in [-0.2, -0.15) is 13.2 Å². The van der Waals surface area contributed by atoms with Crippen LogP contribution in [0.2, 0.25) is 0 Å². The van der Waals surface area contributed by atoms with Crippen molar-refractivity contribution in [3.63, 3.8) is 0 Å². The Morgan fingerprint density at radius 3 is 2.53 bits per heavy atom. The first-order valence-corrected chi connectivity index (χ1v) is 4.96. The minimum absolute atomic E-state index is 0.0655. The summed E-state index contributed by atoms with van der Waals surface area (Å²) in [6.07, 6.45) is -6.38. The van der Waals surface area contributed by atoms with Crippen molar-refractivity contribution in [2.75, 3.05) is 6.61 Å². The van der Waals surface area contributed by atoms with E-state index in [1.807, 2.05) is 0 Å². The molecule has 0 saturated heterocycles. The molecule has 1 rings (SSSR count). The van der Waals surface area contributed by atoms with E-state index < -0.39 is 31.1 Å². The third-order valence-electron chi connectivity index (χ3n) is 2.07. The monoisotopic (exact) mass is 252 g/mol. The zero-order valence-electron chi connectivity index (χ0n) is 9.09. The summed E-state index contributed by atoms with van der Waals surface area (Å²) >= 11 is 0. The smallest absolute Gasteiger partial charge is 0.392 e. The molecule has 6 heteroatoms. The first-order chi connectivity index (χ1) is 7.79. The Bertz CT molecular complexity index is 374. The van der Waals surface area contributed by atoms with Gasteiger partial charge in [-0.1, -0.05) is 0 Å². The Hall–Kier alpha value is -1.30. The number of aliphatic hydroxyl groups excluding tert-OH is 1. The van der Waals surface area contributed by atoms with Gasteiger partial charge in [-0.05, 0) is 19.1 Å². The first kappa shape index (κ1) is 13.8. The van der Waals surface area contributed by atoms with Gasteiger partial charge >= 0.3 is 6.18 Å². The van der Waals surface area contributed by atoms with Crippen LogP contribution in [0, 0.1) is 5.82 Å². The van der Waals surface area contributed by atoms with Crippen LogP contribution >= 0.6 is 0 Å². The summed E-state index contributed by atoms with van der Waals surface area (Å²) in [7, 11) is 0. The summed E-state index contributed by atoms with van der Waals surface area (Å²) in [6.45, 7) is 0.816. The highest BCUT2D eigenvalue weighted by molar-refractivity contribution is 5.35. The molecule has 0 saturated carbocycles. The summed E-state index contributed by atoms with van der Waals surface area (Å²) in [5, 5.41) is 9.33. The number of alkyl halides is 3. The molecule has 0 aliphatic rings. The number of rotatable bonds is 4. The van der Waals surface area contributed by atoms with Crippen LogP contribution in [0.15, 0.2) is 18.2 Å². The van der Waals surface area contributed by atoms with Crippen molar-refractivity contribution in [1.29, 1.82) is 0 Å². The molecule has 0 heterocycles. The first-order valence-electron chi connectivity index (χ1n) is 4.96. The summed E-state index contributed by atoms with van der Waals surface area (Å²) in [6, 6.07) is 3.35. The van der Waals surface area contributed by atoms with E-state index in [2.05, 4.69) is 0 Å². The van der Waals surface area contributed by atoms with E-state index in [4.69, 9.17) is 4.74 Å². The van der Waals surface area contributed by atoms with Crippen molar-refractivity contribution >= 4 is 0 Å². The number of benzene rings is 1. The maximum absolute atomic E-state index is 12.9. The largest absolute Gasteiger partial charge is 0.493 e. The van der Waals surface area contributed by atoms with E-state index in [1.54, 1.807) is 0 Å². The summed E-state index contributed by atoms with van der Waals surface area (Å²) in [5.74, 6) is -0.694. The van der Waals surface area contributed by atoms with Gasteiger partial charge < -0.3 is 9.84 Å². The highest BCUT2D eigenvalue weighted by Crippen LogP contribution is 2.27. The topological polar surface area (TPSA) is 29.5 Å². The Kier molecular flexibility index (Phi) is 4.34. The lowest BCUT2D eigenvalue weighted by atomic mass is 10.1. The maximum Gasteiger partial charge on any atom is 0.392 e. The second-order valence-corrected chi connectivity index (χ2v) is 3.57. The van der Waals surface area contributed by atoms with Gasteiger partial charge in [0.25, 0.3) is 0 Å². The van der Waals surface area contributed by atoms with Crippen LogP contribution in [0.1, 0.15) is 25.0 Å². The van der Waals surface area contributed by atoms with Crippen LogP contribution in [0.4, 0.5) is 17.6 Å². The van der Waals surface area contributed by atoms with E-state index in [1.165, 1.54) is 13.0 Å². The molecule has 1 aromatic carbocycles. The standard InChI is InChI=1S/C11H12F4O2/c1-7(16)9-3-2-8(12)6-10(9)17-5-4-11(13,14)15/h2-3,6-7,16H,4-5H2,1H3/t7-/m0/s1. The maximum atomic E-state index is 12.9. The third-order valence-corrected chi connectivity index (χ3v) is 2.07. The molecule has 96 valence electrons. The van der Waals surface area contributed by atoms with Crippen molar-refractivity contribution in [3.8, 4) is 5.75 Å². The van der Waals surface area contributed by atoms with Crippen molar-refractivity contribution in [1.82, 2.24) is 0 Å². The van der Waals surface area contributed by atoms with Crippen molar-refractivity contribution < 1.29 is 27.4 Å². The van der Waals surface area contributed by atoms with Crippen LogP contribution in [-0.2, 0) is 0 Å². The molecule has 17 heavy (non-hydrogen) atoms. The van der Waals surface area contributed by atoms with Crippen LogP contribution in [0.25, 0.3) is 0 Å². The summed E-state index contributed by atoms with van der Waals surface area (Å²) < 4.78 is 53.4. The average Bonchev–Trinajstić information content (AvgIpc) is 2.15. The van der Waals surface area contributed by atoms with Crippen molar-refractivity contribution in [2.45, 2.75) is 25.6 Å². The molecule has 0 spiro atoms. The molecular formula is C11H12F4O2. The van der Waals surface area contributed by atoms with Crippen LogP contribution in [0.5, 0.6) is 5.75 Å². The zero-order valence-corrected chi connectivity index (χ0v) is 9.09. The number of hydrogen-bond acceptors (Lipinski definition) is 2. The quantitative estimate of drug-likeness (QED) is 0.834. The van der Waals surface area contributed by atoms with Crippen LogP contribution in [0.3, 0.4) is 0 Å². The minimum Gasteiger partial charge on any atom is -0.493 e. The molecule has 2 nitrogen and oxygen atoms in total. The molecule has 0 bridgehead atoms. The highest BCUT2D eigenvalue weighted by atomic mass is 19.4. The average molecular weight is 252 g/mol. The SMILES string of the molecule is C[C@H](O)c1ccc(F)cc1OCCC(F)(F)F. The van der Waals surface area contributed by atoms with E-state index in [0.29, 0.717) is 0 Å². The van der Waals surface area contributed by atoms with E-state index in [0.717, 1.165) is 12.1 Å². The molecule has 1 N–H and O–H groups in total. The molecule has 1 atom stereocenters. The molecule has 0 aliphatic carbocycles. The number of ether oxygens (including phenoxy) is 1. The lowest BCUT2D eigenvalue weighted by Crippen LogP contribution is -2.13. The predicted molar refractivity (Wildman–Crippen MR) is 53.2 cm³/mol. The number of aliphatic hydroxyl groups is 1. The van der Waals surface area contributed by atoms with Crippen LogP contribution < -0.4 is 4.74 Å². The molecule has 0 fully saturated rings. The predicted octanol–water partition coefficient (Wildman–Crippen LogP) is 3.21. The lowest BCUT2D eigenvalue weighted by molar-refractivity contribution is -0.139. The van der Waals surface area contributed by atoms with Crippen LogP contribution in [-0.4, -0.2) is 17.9 Å². The molecule has 1 aromatic rings. The lowest BCUT2D eigenvalue weighted by Gasteiger charge is -2.14. The van der Waals surface area contributed by atoms with Gasteiger partial charge in [0, 0.05) is 11.6 Å². The summed E-state index contributed by atoms with van der Waals surface area (Å²) in [4.78, 5) is 0. The second-order valence-electron chi connectivity index (χ2n) is 3.57. The van der Waals surface area contributed by atoms with Gasteiger partial charge in [0.15, 0.2) is 0 Å². The zero-order chi connectivity index (χ0) is 13.1. The van der Waals surface area contributed by atoms with Gasteiger partial charge in [0.2, 0.25) is 0 Å². The molecule has 0 unspecified atom stereocenters. The van der Waals surface area contributed by atoms with Crippen molar-refractivity contribution in [3.05, 3.63) is 29.6 Å². The van der Waals surface area contributed by atoms with E-state index in [-0.39, 0.29) is 11.3 Å².